The lowest BCUT2D eigenvalue weighted by Gasteiger charge is -2.20. The predicted octanol–water partition coefficient (Wildman–Crippen LogP) is 14.7. The van der Waals surface area contributed by atoms with Crippen LogP contribution < -0.4 is 5.32 Å². The van der Waals surface area contributed by atoms with Crippen molar-refractivity contribution in [3.05, 3.63) is 48.6 Å². The van der Waals surface area contributed by atoms with Crippen LogP contribution in [0.2, 0.25) is 0 Å². The molecule has 0 fully saturated rings. The van der Waals surface area contributed by atoms with Gasteiger partial charge in [-0.05, 0) is 96.3 Å². The number of carbonyl (C=O) groups excluding carboxylic acids is 2. The maximum atomic E-state index is 12.4. The van der Waals surface area contributed by atoms with Crippen LogP contribution in [0.25, 0.3) is 0 Å². The van der Waals surface area contributed by atoms with E-state index in [4.69, 9.17) is 4.74 Å². The molecule has 0 bridgehead atoms. The molecule has 338 valence electrons. The van der Waals surface area contributed by atoms with Crippen LogP contribution in [0, 0.1) is 0 Å². The van der Waals surface area contributed by atoms with Gasteiger partial charge in [-0.3, -0.25) is 9.59 Å². The molecule has 2 unspecified atom stereocenters. The van der Waals surface area contributed by atoms with Crippen LogP contribution in [-0.2, 0) is 14.3 Å². The molecule has 0 aliphatic carbocycles. The van der Waals surface area contributed by atoms with Crippen LogP contribution in [-0.4, -0.2) is 47.4 Å². The van der Waals surface area contributed by atoms with Crippen molar-refractivity contribution in [1.29, 1.82) is 0 Å². The van der Waals surface area contributed by atoms with Crippen molar-refractivity contribution in [1.82, 2.24) is 5.32 Å². The highest BCUT2D eigenvalue weighted by atomic mass is 16.5. The van der Waals surface area contributed by atoms with Crippen molar-refractivity contribution in [3.63, 3.8) is 0 Å². The van der Waals surface area contributed by atoms with E-state index in [2.05, 4.69) is 55.6 Å². The van der Waals surface area contributed by atoms with Gasteiger partial charge in [0.1, 0.15) is 0 Å². The largest absolute Gasteiger partial charge is 0.466 e. The molecule has 0 aliphatic rings. The summed E-state index contributed by atoms with van der Waals surface area (Å²) in [4.78, 5) is 24.4. The molecule has 6 nitrogen and oxygen atoms in total. The molecular weight excluding hydrogens is 719 g/mol. The van der Waals surface area contributed by atoms with Gasteiger partial charge in [0, 0.05) is 12.8 Å². The number of hydrogen-bond acceptors (Lipinski definition) is 5. The lowest BCUT2D eigenvalue weighted by atomic mass is 10.1. The summed E-state index contributed by atoms with van der Waals surface area (Å²) in [6.07, 6.45) is 58.3. The topological polar surface area (TPSA) is 95.9 Å². The third kappa shape index (κ3) is 43.4. The van der Waals surface area contributed by atoms with Crippen LogP contribution in [0.4, 0.5) is 0 Å². The minimum absolute atomic E-state index is 0.0263. The Kier molecular flexibility index (Phi) is 45.7. The Bertz CT molecular complexity index is 988. The second kappa shape index (κ2) is 47.5. The van der Waals surface area contributed by atoms with Crippen molar-refractivity contribution in [2.45, 2.75) is 257 Å². The fourth-order valence-corrected chi connectivity index (χ4v) is 7.18. The Morgan fingerprint density at radius 2 is 0.862 bits per heavy atom. The van der Waals surface area contributed by atoms with Crippen LogP contribution in [0.5, 0.6) is 0 Å². The summed E-state index contributed by atoms with van der Waals surface area (Å²) in [7, 11) is 0. The van der Waals surface area contributed by atoms with Crippen LogP contribution in [0.15, 0.2) is 48.6 Å². The van der Waals surface area contributed by atoms with E-state index in [-0.39, 0.29) is 18.5 Å². The molecule has 2 atom stereocenters. The van der Waals surface area contributed by atoms with Gasteiger partial charge >= 0.3 is 5.97 Å². The number of esters is 1. The molecule has 0 saturated carbocycles. The number of carbonyl (C=O) groups is 2. The smallest absolute Gasteiger partial charge is 0.305 e. The molecule has 0 heterocycles. The van der Waals surface area contributed by atoms with Crippen molar-refractivity contribution in [2.24, 2.45) is 0 Å². The monoisotopic (exact) mass is 814 g/mol. The highest BCUT2D eigenvalue weighted by Crippen LogP contribution is 2.13. The number of hydrogen-bond donors (Lipinski definition) is 3. The lowest BCUT2D eigenvalue weighted by Crippen LogP contribution is -2.45. The summed E-state index contributed by atoms with van der Waals surface area (Å²) in [5, 5.41) is 22.9. The average molecular weight is 814 g/mol. The van der Waals surface area contributed by atoms with E-state index in [1.165, 1.54) is 135 Å². The van der Waals surface area contributed by atoms with Gasteiger partial charge in [0.05, 0.1) is 25.4 Å². The number of nitrogens with one attached hydrogen (secondary N) is 1. The first kappa shape index (κ1) is 55.8. The van der Waals surface area contributed by atoms with Gasteiger partial charge < -0.3 is 20.3 Å². The molecule has 0 aromatic carbocycles. The van der Waals surface area contributed by atoms with E-state index in [9.17, 15) is 19.8 Å². The van der Waals surface area contributed by atoms with Gasteiger partial charge in [-0.15, -0.1) is 0 Å². The van der Waals surface area contributed by atoms with Crippen molar-refractivity contribution < 1.29 is 24.5 Å². The first-order valence-corrected chi connectivity index (χ1v) is 24.9. The summed E-state index contributed by atoms with van der Waals surface area (Å²) in [6.45, 7) is 4.81. The van der Waals surface area contributed by atoms with Gasteiger partial charge in [-0.25, -0.2) is 0 Å². The number of aliphatic hydroxyl groups is 2. The summed E-state index contributed by atoms with van der Waals surface area (Å²) < 4.78 is 5.43. The second-order valence-electron chi connectivity index (χ2n) is 16.8. The third-order valence-corrected chi connectivity index (χ3v) is 11.1. The molecule has 0 rings (SSSR count). The molecule has 6 heteroatoms. The Labute approximate surface area is 359 Å². The van der Waals surface area contributed by atoms with Crippen LogP contribution in [0.1, 0.15) is 245 Å². The zero-order valence-electron chi connectivity index (χ0n) is 38.3. The number of rotatable bonds is 45. The first-order chi connectivity index (χ1) is 28.5. The van der Waals surface area contributed by atoms with E-state index in [0.717, 1.165) is 83.5 Å². The maximum absolute atomic E-state index is 12.4. The van der Waals surface area contributed by atoms with E-state index in [1.54, 1.807) is 6.08 Å². The highest BCUT2D eigenvalue weighted by molar-refractivity contribution is 5.76. The highest BCUT2D eigenvalue weighted by Gasteiger charge is 2.18. The summed E-state index contributed by atoms with van der Waals surface area (Å²) in [5.74, 6) is -0.114. The maximum Gasteiger partial charge on any atom is 0.305 e. The molecule has 58 heavy (non-hydrogen) atoms. The van der Waals surface area contributed by atoms with Gasteiger partial charge in [0.25, 0.3) is 0 Å². The Morgan fingerprint density at radius 1 is 0.483 bits per heavy atom. The standard InChI is InChI=1S/C52H95NO5/c1-3-5-7-9-11-13-15-16-23-26-30-34-38-42-46-52(57)58-47-43-39-35-31-27-24-21-19-17-18-20-22-25-29-33-37-41-45-51(56)53-49(48-54)50(55)44-40-36-32-28-14-12-10-8-6-4-2/h15-17,19,24,27,40,44,49-50,54-55H,3-14,18,20-23,25-26,28-39,41-43,45-48H2,1-2H3,(H,53,56)/b16-15-,19-17-,27-24-,44-40+. The third-order valence-electron chi connectivity index (χ3n) is 11.1. The fourth-order valence-electron chi connectivity index (χ4n) is 7.18. The SMILES string of the molecule is CCCCCCC/C=C\CCCCCCCC(=O)OCCCCC/C=C\C/C=C\CCCCCCCCCC(=O)NC(CO)C(O)/C=C/CCCCCCCCCC. The minimum atomic E-state index is -0.854. The van der Waals surface area contributed by atoms with Crippen LogP contribution in [0.3, 0.4) is 0 Å². The second-order valence-corrected chi connectivity index (χ2v) is 16.8. The van der Waals surface area contributed by atoms with Crippen molar-refractivity contribution in [3.8, 4) is 0 Å². The molecule has 0 saturated heterocycles. The van der Waals surface area contributed by atoms with Crippen LogP contribution >= 0.6 is 0 Å². The number of ether oxygens (including phenoxy) is 1. The normalized spacial score (nSPS) is 13.1. The number of amides is 1. The van der Waals surface area contributed by atoms with Crippen molar-refractivity contribution in [2.75, 3.05) is 13.2 Å². The molecular formula is C52H95NO5. The van der Waals surface area contributed by atoms with Gasteiger partial charge in [-0.1, -0.05) is 184 Å². The Hall–Kier alpha value is -2.18. The number of aliphatic hydroxyl groups excluding tert-OH is 2. The first-order valence-electron chi connectivity index (χ1n) is 24.9. The molecule has 0 aromatic heterocycles. The lowest BCUT2D eigenvalue weighted by molar-refractivity contribution is -0.143. The predicted molar refractivity (Wildman–Crippen MR) is 250 cm³/mol. The Morgan fingerprint density at radius 3 is 1.33 bits per heavy atom. The molecule has 1 amide bonds. The molecule has 0 radical (unpaired) electrons. The van der Waals surface area contributed by atoms with Crippen molar-refractivity contribution >= 4 is 11.9 Å². The number of allylic oxidation sites excluding steroid dienone is 7. The zero-order valence-corrected chi connectivity index (χ0v) is 38.3. The molecule has 0 aliphatic heterocycles. The van der Waals surface area contributed by atoms with E-state index >= 15 is 0 Å². The summed E-state index contributed by atoms with van der Waals surface area (Å²) in [5.41, 5.74) is 0. The number of unbranched alkanes of at least 4 members (excludes halogenated alkanes) is 28. The van der Waals surface area contributed by atoms with E-state index < -0.39 is 12.1 Å². The van der Waals surface area contributed by atoms with Gasteiger partial charge in [0.2, 0.25) is 5.91 Å². The summed E-state index contributed by atoms with van der Waals surface area (Å²) >= 11 is 0. The zero-order chi connectivity index (χ0) is 42.3. The average Bonchev–Trinajstić information content (AvgIpc) is 3.22. The minimum Gasteiger partial charge on any atom is -0.466 e. The quantitative estimate of drug-likeness (QED) is 0.0323. The fraction of sp³-hybridized carbons (Fsp3) is 0.808. The van der Waals surface area contributed by atoms with E-state index in [1.807, 2.05) is 6.08 Å². The Balaban J connectivity index is 3.53. The van der Waals surface area contributed by atoms with E-state index in [0.29, 0.717) is 19.4 Å². The molecule has 0 spiro atoms. The summed E-state index contributed by atoms with van der Waals surface area (Å²) in [6, 6.07) is -0.639. The van der Waals surface area contributed by atoms with Gasteiger partial charge in [-0.2, -0.15) is 0 Å². The molecule has 0 aromatic rings. The molecule has 3 N–H and O–H groups in total. The van der Waals surface area contributed by atoms with Gasteiger partial charge in [0.15, 0.2) is 0 Å².